The number of hydrogen-bond donors (Lipinski definition) is 1. The van der Waals surface area contributed by atoms with Crippen LogP contribution in [-0.2, 0) is 22.4 Å². The van der Waals surface area contributed by atoms with E-state index >= 15 is 0 Å². The number of nitriles is 1. The predicted molar refractivity (Wildman–Crippen MR) is 118 cm³/mol. The van der Waals surface area contributed by atoms with Crippen LogP contribution in [0.25, 0.3) is 0 Å². The van der Waals surface area contributed by atoms with Crippen LogP contribution in [0.3, 0.4) is 0 Å². The third-order valence-electron chi connectivity index (χ3n) is 4.73. The van der Waals surface area contributed by atoms with Gasteiger partial charge in [0.2, 0.25) is 0 Å². The molecule has 0 spiro atoms. The van der Waals surface area contributed by atoms with Crippen LogP contribution in [0.5, 0.6) is 0 Å². The molecular formula is C23H22N4O3S. The van der Waals surface area contributed by atoms with Crippen LogP contribution in [0.2, 0.25) is 0 Å². The largest absolute Gasteiger partial charge is 0.469 e. The molecule has 0 atom stereocenters. The highest BCUT2D eigenvalue weighted by molar-refractivity contribution is 7.06. The molecule has 1 N–H and O–H groups in total. The molecule has 158 valence electrons. The Kier molecular flexibility index (Phi) is 7.46. The van der Waals surface area contributed by atoms with Gasteiger partial charge in [-0.25, -0.2) is 0 Å². The summed E-state index contributed by atoms with van der Waals surface area (Å²) in [6, 6.07) is 13.0. The summed E-state index contributed by atoms with van der Waals surface area (Å²) in [7, 11) is 1.38. The number of esters is 1. The molecule has 7 nitrogen and oxygen atoms in total. The fourth-order valence-corrected chi connectivity index (χ4v) is 4.01. The van der Waals surface area contributed by atoms with Gasteiger partial charge in [0.25, 0.3) is 5.91 Å². The Balaban J connectivity index is 1.66. The Labute approximate surface area is 184 Å². The molecule has 0 radical (unpaired) electrons. The minimum Gasteiger partial charge on any atom is -0.469 e. The Bertz CT molecular complexity index is 1120. The molecule has 31 heavy (non-hydrogen) atoms. The fourth-order valence-electron chi connectivity index (χ4n) is 3.12. The van der Waals surface area contributed by atoms with Crippen LogP contribution >= 0.6 is 11.5 Å². The molecule has 0 aliphatic heterocycles. The number of nitrogens with one attached hydrogen (secondary N) is 1. The zero-order chi connectivity index (χ0) is 22.2. The molecule has 0 aliphatic rings. The molecular weight excluding hydrogens is 412 g/mol. The molecule has 3 aromatic rings. The number of aromatic nitrogens is 2. The van der Waals surface area contributed by atoms with Crippen molar-refractivity contribution < 1.29 is 14.3 Å². The Morgan fingerprint density at radius 2 is 2.00 bits per heavy atom. The van der Waals surface area contributed by atoms with E-state index in [1.807, 2.05) is 24.3 Å². The van der Waals surface area contributed by atoms with Crippen molar-refractivity contribution in [2.45, 2.75) is 32.6 Å². The van der Waals surface area contributed by atoms with Gasteiger partial charge < -0.3 is 10.1 Å². The van der Waals surface area contributed by atoms with E-state index < -0.39 is 0 Å². The number of nitrogens with zero attached hydrogens (tertiary/aromatic N) is 3. The summed E-state index contributed by atoms with van der Waals surface area (Å²) in [6.45, 7) is 1.80. The number of ether oxygens (including phenoxy) is 1. The molecule has 1 amide bonds. The van der Waals surface area contributed by atoms with Gasteiger partial charge in [-0.2, -0.15) is 9.64 Å². The summed E-state index contributed by atoms with van der Waals surface area (Å²) in [5.74, 6) is -0.440. The van der Waals surface area contributed by atoms with E-state index in [2.05, 4.69) is 25.5 Å². The topological polar surface area (TPSA) is 105 Å². The molecule has 8 heteroatoms. The lowest BCUT2D eigenvalue weighted by molar-refractivity contribution is -0.140. The zero-order valence-corrected chi connectivity index (χ0v) is 18.2. The van der Waals surface area contributed by atoms with Gasteiger partial charge in [0, 0.05) is 35.3 Å². The molecule has 0 bridgehead atoms. The first-order chi connectivity index (χ1) is 15.0. The van der Waals surface area contributed by atoms with Crippen LogP contribution in [0.4, 0.5) is 5.69 Å². The average Bonchev–Trinajstić information content (AvgIpc) is 3.14. The monoisotopic (exact) mass is 434 g/mol. The smallest absolute Gasteiger partial charge is 0.305 e. The Morgan fingerprint density at radius 3 is 2.71 bits per heavy atom. The van der Waals surface area contributed by atoms with Crippen molar-refractivity contribution in [2.75, 3.05) is 12.4 Å². The number of pyridine rings is 1. The van der Waals surface area contributed by atoms with Gasteiger partial charge in [0.05, 0.1) is 30.0 Å². The van der Waals surface area contributed by atoms with Crippen LogP contribution in [0, 0.1) is 18.3 Å². The minimum absolute atomic E-state index is 0.214. The van der Waals surface area contributed by atoms with Crippen molar-refractivity contribution in [3.8, 4) is 6.07 Å². The first kappa shape index (κ1) is 22.1. The Morgan fingerprint density at radius 1 is 1.23 bits per heavy atom. The van der Waals surface area contributed by atoms with Crippen molar-refractivity contribution in [3.05, 3.63) is 75.6 Å². The predicted octanol–water partition coefficient (Wildman–Crippen LogP) is 4.06. The molecule has 0 unspecified atom stereocenters. The summed E-state index contributed by atoms with van der Waals surface area (Å²) < 4.78 is 8.98. The lowest BCUT2D eigenvalue weighted by atomic mass is 10.1. The number of methoxy groups -OCH3 is 1. The van der Waals surface area contributed by atoms with Crippen LogP contribution < -0.4 is 5.32 Å². The first-order valence-electron chi connectivity index (χ1n) is 9.77. The van der Waals surface area contributed by atoms with Crippen molar-refractivity contribution in [1.29, 1.82) is 5.26 Å². The second-order valence-corrected chi connectivity index (χ2v) is 7.83. The third kappa shape index (κ3) is 5.96. The molecule has 0 saturated carbocycles. The van der Waals surface area contributed by atoms with Crippen molar-refractivity contribution in [3.63, 3.8) is 0 Å². The summed E-state index contributed by atoms with van der Waals surface area (Å²) in [5, 5.41) is 12.0. The molecule has 2 aromatic heterocycles. The van der Waals surface area contributed by atoms with Crippen LogP contribution in [0.1, 0.15) is 50.6 Å². The van der Waals surface area contributed by atoms with Gasteiger partial charge >= 0.3 is 5.97 Å². The lowest BCUT2D eigenvalue weighted by Crippen LogP contribution is -2.14. The van der Waals surface area contributed by atoms with Gasteiger partial charge in [0.15, 0.2) is 0 Å². The quantitative estimate of drug-likeness (QED) is 0.536. The maximum Gasteiger partial charge on any atom is 0.305 e. The number of carbonyl (C=O) groups is 2. The normalized spacial score (nSPS) is 10.4. The molecule has 0 fully saturated rings. The van der Waals surface area contributed by atoms with Gasteiger partial charge in [-0.3, -0.25) is 14.6 Å². The summed E-state index contributed by atoms with van der Waals surface area (Å²) in [6.07, 6.45) is 3.88. The number of amides is 1. The van der Waals surface area contributed by atoms with Crippen molar-refractivity contribution >= 4 is 29.1 Å². The summed E-state index contributed by atoms with van der Waals surface area (Å²) in [4.78, 5) is 29.2. The third-order valence-corrected chi connectivity index (χ3v) is 5.67. The number of hydrogen-bond acceptors (Lipinski definition) is 7. The van der Waals surface area contributed by atoms with E-state index in [1.54, 1.807) is 25.3 Å². The minimum atomic E-state index is -0.226. The van der Waals surface area contributed by atoms with Gasteiger partial charge in [0.1, 0.15) is 0 Å². The number of carbonyl (C=O) groups excluding carboxylic acids is 2. The number of benzene rings is 1. The molecule has 0 aliphatic carbocycles. The average molecular weight is 435 g/mol. The van der Waals surface area contributed by atoms with Gasteiger partial charge in [-0.05, 0) is 61.1 Å². The standard InChI is InChI=1S/C23H22N4O3S/c1-15-22(20(31-27-15)13-19-12-17(14-24)10-11-25-19)23(29)26-18-8-6-16(7-9-18)4-3-5-21(28)30-2/h6-12H,3-5,13H2,1-2H3,(H,26,29). The van der Waals surface area contributed by atoms with E-state index in [9.17, 15) is 9.59 Å². The zero-order valence-electron chi connectivity index (χ0n) is 17.3. The van der Waals surface area contributed by atoms with E-state index in [0.717, 1.165) is 16.9 Å². The molecule has 2 heterocycles. The highest BCUT2D eigenvalue weighted by Crippen LogP contribution is 2.23. The fraction of sp³-hybridized carbons (Fsp3) is 0.261. The number of rotatable bonds is 8. The van der Waals surface area contributed by atoms with Crippen molar-refractivity contribution in [2.24, 2.45) is 0 Å². The van der Waals surface area contributed by atoms with Gasteiger partial charge in [-0.1, -0.05) is 12.1 Å². The highest BCUT2D eigenvalue weighted by atomic mass is 32.1. The van der Waals surface area contributed by atoms with Crippen LogP contribution in [-0.4, -0.2) is 28.3 Å². The van der Waals surface area contributed by atoms with E-state index in [1.165, 1.54) is 18.6 Å². The molecule has 0 saturated heterocycles. The first-order valence-corrected chi connectivity index (χ1v) is 10.5. The highest BCUT2D eigenvalue weighted by Gasteiger charge is 2.19. The van der Waals surface area contributed by atoms with E-state index in [-0.39, 0.29) is 11.9 Å². The van der Waals surface area contributed by atoms with Crippen molar-refractivity contribution in [1.82, 2.24) is 9.36 Å². The number of anilines is 1. The van der Waals surface area contributed by atoms with E-state index in [0.29, 0.717) is 47.5 Å². The maximum atomic E-state index is 12.9. The second-order valence-electron chi connectivity index (χ2n) is 6.97. The van der Waals surface area contributed by atoms with Crippen LogP contribution in [0.15, 0.2) is 42.6 Å². The summed E-state index contributed by atoms with van der Waals surface area (Å²) >= 11 is 1.27. The molecule has 1 aromatic carbocycles. The lowest BCUT2D eigenvalue weighted by Gasteiger charge is -2.08. The summed E-state index contributed by atoms with van der Waals surface area (Å²) in [5.41, 5.74) is 4.21. The van der Waals surface area contributed by atoms with Gasteiger partial charge in [-0.15, -0.1) is 0 Å². The number of aryl methyl sites for hydroxylation is 2. The SMILES string of the molecule is COC(=O)CCCc1ccc(NC(=O)c2c(C)nsc2Cc2cc(C#N)ccn2)cc1. The maximum absolute atomic E-state index is 12.9. The molecule has 3 rings (SSSR count). The van der Waals surface area contributed by atoms with E-state index in [4.69, 9.17) is 5.26 Å². The Hall–Kier alpha value is -3.57. The second kappa shape index (κ2) is 10.5.